The second kappa shape index (κ2) is 9.19. The highest BCUT2D eigenvalue weighted by molar-refractivity contribution is 8.18. The highest BCUT2D eigenvalue weighted by atomic mass is 32.2. The molecule has 0 atom stereocenters. The lowest BCUT2D eigenvalue weighted by Gasteiger charge is -2.12. The summed E-state index contributed by atoms with van der Waals surface area (Å²) in [6.45, 7) is 0.345. The van der Waals surface area contributed by atoms with Gasteiger partial charge in [0.25, 0.3) is 16.8 Å². The van der Waals surface area contributed by atoms with Gasteiger partial charge in [-0.3, -0.25) is 24.6 Å². The standard InChI is InChI=1S/C26H18FN3O4S/c27-22-7-3-1-5-18(22)15-28-16-19(21-6-2-4-8-23(21)28)13-24-25(31)29(26(32)35-24)14-17-9-11-20(12-10-17)30(33)34/h1-13,16H,14-15H2/b24-13-. The number of fused-ring (bicyclic) bond motifs is 1. The van der Waals surface area contributed by atoms with Gasteiger partial charge in [0.05, 0.1) is 22.9 Å². The van der Waals surface area contributed by atoms with Crippen molar-refractivity contribution in [2.45, 2.75) is 13.1 Å². The van der Waals surface area contributed by atoms with E-state index in [0.717, 1.165) is 33.1 Å². The fraction of sp³-hybridized carbons (Fsp3) is 0.0769. The van der Waals surface area contributed by atoms with Crippen LogP contribution in [0, 0.1) is 15.9 Å². The average Bonchev–Trinajstić information content (AvgIpc) is 3.33. The van der Waals surface area contributed by atoms with Crippen molar-refractivity contribution < 1.29 is 18.9 Å². The first kappa shape index (κ1) is 22.5. The number of imide groups is 1. The van der Waals surface area contributed by atoms with Crippen LogP contribution in [-0.4, -0.2) is 25.5 Å². The largest absolute Gasteiger partial charge is 0.342 e. The second-order valence-corrected chi connectivity index (χ2v) is 9.01. The van der Waals surface area contributed by atoms with E-state index in [0.29, 0.717) is 17.7 Å². The van der Waals surface area contributed by atoms with Gasteiger partial charge in [0.2, 0.25) is 0 Å². The molecule has 1 fully saturated rings. The molecular formula is C26H18FN3O4S. The van der Waals surface area contributed by atoms with Crippen molar-refractivity contribution in [1.82, 2.24) is 9.47 Å². The fourth-order valence-electron chi connectivity index (χ4n) is 4.01. The molecule has 9 heteroatoms. The molecule has 0 saturated carbocycles. The third kappa shape index (κ3) is 4.45. The maximum atomic E-state index is 14.2. The number of rotatable bonds is 6. The maximum absolute atomic E-state index is 14.2. The van der Waals surface area contributed by atoms with Crippen LogP contribution in [0.15, 0.2) is 83.9 Å². The number of carbonyl (C=O) groups excluding carboxylic acids is 2. The van der Waals surface area contributed by atoms with Crippen LogP contribution in [0.4, 0.5) is 14.9 Å². The molecule has 0 unspecified atom stereocenters. The van der Waals surface area contributed by atoms with Crippen molar-refractivity contribution in [2.75, 3.05) is 0 Å². The lowest BCUT2D eigenvalue weighted by atomic mass is 10.1. The average molecular weight is 488 g/mol. The minimum atomic E-state index is -0.505. The highest BCUT2D eigenvalue weighted by Gasteiger charge is 2.35. The number of non-ortho nitro benzene ring substituents is 1. The van der Waals surface area contributed by atoms with Gasteiger partial charge in [0, 0.05) is 40.4 Å². The molecule has 35 heavy (non-hydrogen) atoms. The summed E-state index contributed by atoms with van der Waals surface area (Å²) in [6.07, 6.45) is 3.53. The Morgan fingerprint density at radius 3 is 2.40 bits per heavy atom. The van der Waals surface area contributed by atoms with Gasteiger partial charge >= 0.3 is 0 Å². The number of carbonyl (C=O) groups is 2. The third-order valence-corrected chi connectivity index (χ3v) is 6.67. The van der Waals surface area contributed by atoms with Gasteiger partial charge in [-0.05, 0) is 35.5 Å². The zero-order valence-corrected chi connectivity index (χ0v) is 19.1. The molecule has 1 aromatic heterocycles. The number of hydrogen-bond acceptors (Lipinski definition) is 5. The minimum absolute atomic E-state index is 0.0229. The quantitative estimate of drug-likeness (QED) is 0.190. The van der Waals surface area contributed by atoms with Crippen LogP contribution in [0.2, 0.25) is 0 Å². The molecule has 5 rings (SSSR count). The van der Waals surface area contributed by atoms with Crippen molar-refractivity contribution in [3.63, 3.8) is 0 Å². The maximum Gasteiger partial charge on any atom is 0.293 e. The summed E-state index contributed by atoms with van der Waals surface area (Å²) in [5.74, 6) is -0.719. The zero-order chi connectivity index (χ0) is 24.5. The number of nitro benzene ring substituents is 1. The number of benzene rings is 3. The van der Waals surface area contributed by atoms with Crippen LogP contribution in [-0.2, 0) is 17.9 Å². The van der Waals surface area contributed by atoms with Crippen LogP contribution in [0.5, 0.6) is 0 Å². The lowest BCUT2D eigenvalue weighted by molar-refractivity contribution is -0.384. The predicted molar refractivity (Wildman–Crippen MR) is 132 cm³/mol. The summed E-state index contributed by atoms with van der Waals surface area (Å²) in [5.41, 5.74) is 2.73. The molecule has 4 aromatic rings. The molecule has 2 amide bonds. The second-order valence-electron chi connectivity index (χ2n) is 8.01. The van der Waals surface area contributed by atoms with Crippen molar-refractivity contribution in [1.29, 1.82) is 0 Å². The Morgan fingerprint density at radius 1 is 0.943 bits per heavy atom. The molecule has 1 aliphatic heterocycles. The van der Waals surface area contributed by atoms with Crippen molar-refractivity contribution in [3.05, 3.63) is 117 Å². The summed E-state index contributed by atoms with van der Waals surface area (Å²) in [6, 6.07) is 19.9. The Kier molecular flexibility index (Phi) is 5.92. The number of aromatic nitrogens is 1. The van der Waals surface area contributed by atoms with E-state index >= 15 is 0 Å². The van der Waals surface area contributed by atoms with E-state index in [1.807, 2.05) is 35.0 Å². The van der Waals surface area contributed by atoms with Gasteiger partial charge in [-0.15, -0.1) is 0 Å². The summed E-state index contributed by atoms with van der Waals surface area (Å²) < 4.78 is 16.2. The van der Waals surface area contributed by atoms with Gasteiger partial charge in [-0.1, -0.05) is 48.5 Å². The van der Waals surface area contributed by atoms with E-state index in [4.69, 9.17) is 0 Å². The van der Waals surface area contributed by atoms with Gasteiger partial charge in [0.15, 0.2) is 0 Å². The zero-order valence-electron chi connectivity index (χ0n) is 18.3. The molecular weight excluding hydrogens is 469 g/mol. The van der Waals surface area contributed by atoms with E-state index in [1.165, 1.54) is 30.3 Å². The van der Waals surface area contributed by atoms with Crippen LogP contribution in [0.1, 0.15) is 16.7 Å². The number of para-hydroxylation sites is 1. The smallest absolute Gasteiger partial charge is 0.293 e. The van der Waals surface area contributed by atoms with E-state index in [-0.39, 0.29) is 23.0 Å². The van der Waals surface area contributed by atoms with Gasteiger partial charge in [-0.2, -0.15) is 0 Å². The fourth-order valence-corrected chi connectivity index (χ4v) is 4.84. The molecule has 174 valence electrons. The molecule has 0 aliphatic carbocycles. The Balaban J connectivity index is 1.43. The van der Waals surface area contributed by atoms with Gasteiger partial charge < -0.3 is 4.57 Å². The monoisotopic (exact) mass is 487 g/mol. The Hall–Kier alpha value is -4.24. The molecule has 0 radical (unpaired) electrons. The van der Waals surface area contributed by atoms with E-state index in [1.54, 1.807) is 24.3 Å². The first-order valence-corrected chi connectivity index (χ1v) is 11.5. The number of nitrogens with zero attached hydrogens (tertiary/aromatic N) is 3. The summed E-state index contributed by atoms with van der Waals surface area (Å²) >= 11 is 0.849. The normalized spacial score (nSPS) is 14.9. The topological polar surface area (TPSA) is 85.5 Å². The van der Waals surface area contributed by atoms with E-state index in [9.17, 15) is 24.1 Å². The molecule has 2 heterocycles. The Labute approximate surface area is 203 Å². The number of amides is 2. The number of halogens is 1. The van der Waals surface area contributed by atoms with Crippen LogP contribution in [0.25, 0.3) is 17.0 Å². The number of hydrogen-bond donors (Lipinski definition) is 0. The van der Waals surface area contributed by atoms with Crippen molar-refractivity contribution in [3.8, 4) is 0 Å². The van der Waals surface area contributed by atoms with Gasteiger partial charge in [-0.25, -0.2) is 4.39 Å². The van der Waals surface area contributed by atoms with Crippen LogP contribution in [0.3, 0.4) is 0 Å². The molecule has 0 spiro atoms. The molecule has 1 aliphatic rings. The Bertz CT molecular complexity index is 1510. The minimum Gasteiger partial charge on any atom is -0.342 e. The molecule has 0 N–H and O–H groups in total. The SMILES string of the molecule is O=C1S/C(=C\c2cn(Cc3ccccc3F)c3ccccc23)C(=O)N1Cc1ccc([N+](=O)[O-])cc1. The molecule has 3 aromatic carbocycles. The predicted octanol–water partition coefficient (Wildman–Crippen LogP) is 5.97. The highest BCUT2D eigenvalue weighted by Crippen LogP contribution is 2.35. The molecule has 0 bridgehead atoms. The molecule has 7 nitrogen and oxygen atoms in total. The Morgan fingerprint density at radius 2 is 1.66 bits per heavy atom. The molecule has 1 saturated heterocycles. The number of thioether (sulfide) groups is 1. The lowest BCUT2D eigenvalue weighted by Crippen LogP contribution is -2.27. The first-order valence-electron chi connectivity index (χ1n) is 10.7. The van der Waals surface area contributed by atoms with Crippen molar-refractivity contribution >= 4 is 45.6 Å². The van der Waals surface area contributed by atoms with E-state index < -0.39 is 16.1 Å². The summed E-state index contributed by atoms with van der Waals surface area (Å²) in [7, 11) is 0. The summed E-state index contributed by atoms with van der Waals surface area (Å²) in [4.78, 5) is 37.4. The van der Waals surface area contributed by atoms with Gasteiger partial charge in [0.1, 0.15) is 5.82 Å². The van der Waals surface area contributed by atoms with Crippen LogP contribution < -0.4 is 0 Å². The van der Waals surface area contributed by atoms with Crippen LogP contribution >= 0.6 is 11.8 Å². The third-order valence-electron chi connectivity index (χ3n) is 5.77. The summed E-state index contributed by atoms with van der Waals surface area (Å²) in [5, 5.41) is 11.3. The van der Waals surface area contributed by atoms with Crippen molar-refractivity contribution in [2.24, 2.45) is 0 Å². The number of nitro groups is 1. The first-order chi connectivity index (χ1) is 16.9. The van der Waals surface area contributed by atoms with E-state index in [2.05, 4.69) is 0 Å².